The van der Waals surface area contributed by atoms with Crippen LogP contribution in [0.2, 0.25) is 0 Å². The van der Waals surface area contributed by atoms with Gasteiger partial charge in [0.1, 0.15) is 54.3 Å². The van der Waals surface area contributed by atoms with Crippen molar-refractivity contribution in [3.8, 4) is 11.5 Å². The normalized spacial score (nSPS) is 26.8. The minimum atomic E-state index is -1.76. The second-order valence-electron chi connectivity index (χ2n) is 18.0. The molecule has 5 rings (SSSR count). The Morgan fingerprint density at radius 2 is 1.55 bits per heavy atom. The number of nitrogens with zero attached hydrogens (tertiary/aromatic N) is 2. The minimum Gasteiger partial charge on any atom is -0.504 e. The Labute approximate surface area is 399 Å². The number of benzene rings is 2. The summed E-state index contributed by atoms with van der Waals surface area (Å²) in [5.74, 6) is -9.86. The third kappa shape index (κ3) is 13.1. The minimum absolute atomic E-state index is 0.0172. The van der Waals surface area contributed by atoms with E-state index in [1.54, 1.807) is 58.0 Å². The number of phenolic OH excluding ortho intramolecular Hbond substituents is 2. The smallest absolute Gasteiger partial charge is 0.329 e. The molecular formula is C47H63N9O13. The van der Waals surface area contributed by atoms with E-state index < -0.39 is 132 Å². The van der Waals surface area contributed by atoms with Gasteiger partial charge in [-0.25, -0.2) is 9.59 Å². The molecule has 0 aromatic heterocycles. The lowest BCUT2D eigenvalue weighted by Crippen LogP contribution is -2.64. The lowest BCUT2D eigenvalue weighted by atomic mass is 9.95. The number of amides is 9. The molecule has 3 aliphatic heterocycles. The van der Waals surface area contributed by atoms with Gasteiger partial charge >= 0.3 is 12.0 Å². The number of aliphatic hydroxyl groups is 1. The van der Waals surface area contributed by atoms with E-state index in [4.69, 9.17) is 4.74 Å². The van der Waals surface area contributed by atoms with Crippen molar-refractivity contribution in [3.63, 3.8) is 0 Å². The lowest BCUT2D eigenvalue weighted by Gasteiger charge is -2.43. The zero-order chi connectivity index (χ0) is 50.9. The molecule has 69 heavy (non-hydrogen) atoms. The number of carbonyl (C=O) groups excluding carboxylic acids is 9. The van der Waals surface area contributed by atoms with Crippen molar-refractivity contribution in [1.82, 2.24) is 41.7 Å². The molecule has 2 aromatic carbocycles. The van der Waals surface area contributed by atoms with Crippen molar-refractivity contribution < 1.29 is 63.2 Å². The molecule has 0 aliphatic carbocycles. The Hall–Kier alpha value is -7.23. The molecule has 9 amide bonds. The summed E-state index contributed by atoms with van der Waals surface area (Å²) in [6, 6.07) is 0.678. The fourth-order valence-corrected chi connectivity index (χ4v) is 8.16. The first-order valence-corrected chi connectivity index (χ1v) is 22.9. The van der Waals surface area contributed by atoms with Crippen LogP contribution >= 0.6 is 0 Å². The van der Waals surface area contributed by atoms with Crippen LogP contribution in [0.25, 0.3) is 0 Å². The molecule has 3 aliphatic rings. The van der Waals surface area contributed by atoms with Crippen LogP contribution in [0.5, 0.6) is 11.5 Å². The maximum atomic E-state index is 15.2. The molecule has 0 radical (unpaired) electrons. The van der Waals surface area contributed by atoms with Gasteiger partial charge in [0, 0.05) is 44.1 Å². The van der Waals surface area contributed by atoms with Crippen molar-refractivity contribution in [2.24, 2.45) is 11.8 Å². The summed E-state index contributed by atoms with van der Waals surface area (Å²) >= 11 is 0. The molecule has 0 unspecified atom stereocenters. The number of rotatable bonds is 5. The van der Waals surface area contributed by atoms with Gasteiger partial charge in [0.15, 0.2) is 11.5 Å². The van der Waals surface area contributed by atoms with Crippen LogP contribution in [-0.4, -0.2) is 141 Å². The zero-order valence-corrected chi connectivity index (χ0v) is 39.7. The number of esters is 1. The van der Waals surface area contributed by atoms with Gasteiger partial charge in [-0.1, -0.05) is 64.1 Å². The van der Waals surface area contributed by atoms with Gasteiger partial charge in [0.25, 0.3) is 11.8 Å². The number of aromatic hydroxyl groups is 2. The largest absolute Gasteiger partial charge is 0.504 e. The van der Waals surface area contributed by atoms with Crippen molar-refractivity contribution in [3.05, 3.63) is 65.4 Å². The number of ether oxygens (including phenoxy) is 1. The Kier molecular flexibility index (Phi) is 17.7. The first kappa shape index (κ1) is 52.7. The zero-order valence-electron chi connectivity index (χ0n) is 39.7. The van der Waals surface area contributed by atoms with E-state index in [1.165, 1.54) is 27.0 Å². The highest BCUT2D eigenvalue weighted by Gasteiger charge is 2.45. The number of urea groups is 1. The number of fused-ring (bicyclic) bond motifs is 10. The van der Waals surface area contributed by atoms with Gasteiger partial charge in [0.05, 0.1) is 0 Å². The summed E-state index contributed by atoms with van der Waals surface area (Å²) in [6.45, 7) is 8.96. The van der Waals surface area contributed by atoms with Crippen LogP contribution in [-0.2, 0) is 55.9 Å². The Morgan fingerprint density at radius 1 is 0.870 bits per heavy atom. The van der Waals surface area contributed by atoms with Gasteiger partial charge in [-0.3, -0.25) is 33.6 Å². The first-order chi connectivity index (χ1) is 32.6. The summed E-state index contributed by atoms with van der Waals surface area (Å²) in [7, 11) is 1.26. The second-order valence-corrected chi connectivity index (χ2v) is 18.0. The van der Waals surface area contributed by atoms with E-state index in [-0.39, 0.29) is 55.6 Å². The third-order valence-corrected chi connectivity index (χ3v) is 12.2. The van der Waals surface area contributed by atoms with Gasteiger partial charge < -0.3 is 67.1 Å². The number of allylic oxidation sites excluding steroid dienone is 1. The number of piperidine rings is 1. The Balaban J connectivity index is 1.74. The van der Waals surface area contributed by atoms with Crippen LogP contribution in [0.4, 0.5) is 10.5 Å². The first-order valence-electron chi connectivity index (χ1n) is 22.9. The molecule has 374 valence electrons. The maximum absolute atomic E-state index is 15.2. The lowest BCUT2D eigenvalue weighted by molar-refractivity contribution is -0.165. The molecule has 3 heterocycles. The topological polar surface area (TPSA) is 314 Å². The summed E-state index contributed by atoms with van der Waals surface area (Å²) in [5.41, 5.74) is 0.0729. The highest BCUT2D eigenvalue weighted by atomic mass is 16.5. The van der Waals surface area contributed by atoms with Crippen LogP contribution in [0.1, 0.15) is 78.4 Å². The molecule has 22 nitrogen and oxygen atoms in total. The molecule has 2 fully saturated rings. The monoisotopic (exact) mass is 961 g/mol. The fraction of sp³-hybridized carbons (Fsp3) is 0.511. The number of carbonyl (C=O) groups is 9. The molecular weight excluding hydrogens is 899 g/mol. The molecule has 8 atom stereocenters. The number of phenols is 2. The SMILES string of the molecule is C/C=C1\NC(=O)[C@H]2NC(=O)[C@@H](NC(=O)C(C)C)CCCNC(=O)Nc3cc(O)c(O)cc3C[C@@H](C(=O)N[C@@H](C(C)C)C(=O)O[C@H]2C)N(C)C(=O)[C@H](Cc2ccccc2)N2C(=O)[C@H](CC[C@H]2O)NC1=O. The highest BCUT2D eigenvalue weighted by molar-refractivity contribution is 6.03. The van der Waals surface area contributed by atoms with E-state index in [9.17, 15) is 53.7 Å². The van der Waals surface area contributed by atoms with Crippen molar-refractivity contribution in [2.45, 2.75) is 129 Å². The molecule has 2 saturated heterocycles. The average molecular weight is 962 g/mol. The summed E-state index contributed by atoms with van der Waals surface area (Å²) in [5, 5.41) is 51.0. The van der Waals surface area contributed by atoms with E-state index in [0.29, 0.717) is 5.56 Å². The third-order valence-electron chi connectivity index (χ3n) is 12.2. The molecule has 10 N–H and O–H groups in total. The molecule has 0 saturated carbocycles. The summed E-state index contributed by atoms with van der Waals surface area (Å²) in [6.07, 6.45) is -2.80. The Bertz CT molecular complexity index is 2320. The Morgan fingerprint density at radius 3 is 2.20 bits per heavy atom. The number of nitrogens with one attached hydrogen (secondary N) is 7. The molecule has 22 heteroatoms. The molecule has 4 bridgehead atoms. The van der Waals surface area contributed by atoms with E-state index in [2.05, 4.69) is 37.2 Å². The quantitative estimate of drug-likeness (QED) is 0.0828. The second kappa shape index (κ2) is 23.2. The van der Waals surface area contributed by atoms with Crippen molar-refractivity contribution >= 4 is 59.0 Å². The van der Waals surface area contributed by atoms with Crippen LogP contribution in [0, 0.1) is 11.8 Å². The fourth-order valence-electron chi connectivity index (χ4n) is 8.16. The van der Waals surface area contributed by atoms with Gasteiger partial charge in [-0.05, 0) is 62.6 Å². The van der Waals surface area contributed by atoms with Gasteiger partial charge in [-0.15, -0.1) is 0 Å². The van der Waals surface area contributed by atoms with Gasteiger partial charge in [-0.2, -0.15) is 0 Å². The van der Waals surface area contributed by atoms with E-state index in [0.717, 1.165) is 21.9 Å². The van der Waals surface area contributed by atoms with Crippen molar-refractivity contribution in [1.29, 1.82) is 0 Å². The number of anilines is 1. The van der Waals surface area contributed by atoms with Gasteiger partial charge in [0.2, 0.25) is 29.5 Å². The van der Waals surface area contributed by atoms with Crippen molar-refractivity contribution in [2.75, 3.05) is 18.9 Å². The highest BCUT2D eigenvalue weighted by Crippen LogP contribution is 2.33. The standard InChI is InChI=1S/C47H63N9O13/c1-8-28-40(61)51-30-16-17-36(59)56(44(30)65)33(19-26-13-10-9-11-14-26)45(66)55(7)32-20-27-21-34(57)35(58)22-31(27)52-47(68)48-18-12-15-29(50-39(60)24(4)5)41(62)54-38(43(64)49-28)25(6)69-46(67)37(23(2)3)53-42(32)63/h8-11,13-14,21-25,29-30,32-33,36-38,57-59H,12,15-20H2,1-7H3,(H,49,64)(H,50,60)(H,51,61)(H,53,63)(H,54,62)(H2,48,52,68)/b28-8-/t25-,29-,30-,32-,33-,36+,37-,38-/m0/s1. The number of likely N-dealkylation sites (N-methyl/N-ethyl adjacent to an activating group) is 1. The molecule has 2 aromatic rings. The summed E-state index contributed by atoms with van der Waals surface area (Å²) in [4.78, 5) is 130. The van der Waals surface area contributed by atoms with Crippen LogP contribution in [0.3, 0.4) is 0 Å². The maximum Gasteiger partial charge on any atom is 0.329 e. The summed E-state index contributed by atoms with van der Waals surface area (Å²) < 4.78 is 5.84. The number of hydrogen-bond donors (Lipinski definition) is 10. The van der Waals surface area contributed by atoms with E-state index in [1.807, 2.05) is 0 Å². The predicted octanol–water partition coefficient (Wildman–Crippen LogP) is 0.151. The average Bonchev–Trinajstić information content (AvgIpc) is 3.29. The number of hydrogen-bond acceptors (Lipinski definition) is 13. The number of aliphatic hydroxyl groups excluding tert-OH is 1. The van der Waals surface area contributed by atoms with E-state index >= 15 is 4.79 Å². The predicted molar refractivity (Wildman–Crippen MR) is 247 cm³/mol. The van der Waals surface area contributed by atoms with Crippen LogP contribution < -0.4 is 37.2 Å². The van der Waals surface area contributed by atoms with Crippen LogP contribution in [0.15, 0.2) is 54.2 Å². The molecule has 0 spiro atoms.